The monoisotopic (exact) mass is 453 g/mol. The van der Waals surface area contributed by atoms with Crippen molar-refractivity contribution >= 4 is 33.5 Å². The quantitative estimate of drug-likeness (QED) is 0.509. The number of ether oxygens (including phenoxy) is 3. The van der Waals surface area contributed by atoms with Gasteiger partial charge in [0.05, 0.1) is 38.1 Å². The lowest BCUT2D eigenvalue weighted by molar-refractivity contribution is -0.127. The highest BCUT2D eigenvalue weighted by atomic mass is 32.1. The first-order valence-electron chi connectivity index (χ1n) is 10.4. The number of amides is 1. The first-order valence-corrected chi connectivity index (χ1v) is 11.3. The van der Waals surface area contributed by atoms with Gasteiger partial charge in [-0.1, -0.05) is 12.1 Å². The standard InChI is InChI=1S/C24H27N3O4S/c1-29-19-15-21(31-3)20(30-2)14-17(19)8-9-24(28)27-12-10-26(11-13-27)16-23-25-18-6-4-5-7-22(18)32-23/h4-9,14-15H,10-13,16H2,1-3H3/b9-8+. The Hall–Kier alpha value is -3.10. The molecular weight excluding hydrogens is 426 g/mol. The van der Waals surface area contributed by atoms with E-state index in [1.165, 1.54) is 4.70 Å². The van der Waals surface area contributed by atoms with Gasteiger partial charge in [0, 0.05) is 43.9 Å². The molecule has 0 unspecified atom stereocenters. The molecule has 0 atom stereocenters. The Morgan fingerprint density at radius 3 is 2.38 bits per heavy atom. The summed E-state index contributed by atoms with van der Waals surface area (Å²) in [7, 11) is 4.74. The number of hydrogen-bond donors (Lipinski definition) is 0. The molecule has 1 aliphatic heterocycles. The molecule has 2 heterocycles. The summed E-state index contributed by atoms with van der Waals surface area (Å²) in [5, 5.41) is 1.12. The van der Waals surface area contributed by atoms with Crippen molar-refractivity contribution in [3.63, 3.8) is 0 Å². The van der Waals surface area contributed by atoms with E-state index < -0.39 is 0 Å². The Balaban J connectivity index is 1.35. The van der Waals surface area contributed by atoms with Crippen molar-refractivity contribution in [3.8, 4) is 17.2 Å². The lowest BCUT2D eigenvalue weighted by Gasteiger charge is -2.33. The fourth-order valence-corrected chi connectivity index (χ4v) is 4.76. The Kier molecular flexibility index (Phi) is 6.92. The van der Waals surface area contributed by atoms with E-state index in [0.29, 0.717) is 30.3 Å². The summed E-state index contributed by atoms with van der Waals surface area (Å²) in [6.45, 7) is 3.86. The molecule has 0 aliphatic carbocycles. The lowest BCUT2D eigenvalue weighted by Crippen LogP contribution is -2.47. The van der Waals surface area contributed by atoms with Gasteiger partial charge in [-0.2, -0.15) is 0 Å². The molecule has 3 aromatic rings. The second-order valence-electron chi connectivity index (χ2n) is 7.46. The van der Waals surface area contributed by atoms with Gasteiger partial charge in [-0.15, -0.1) is 11.3 Å². The van der Waals surface area contributed by atoms with Crippen LogP contribution >= 0.6 is 11.3 Å². The Morgan fingerprint density at radius 2 is 1.69 bits per heavy atom. The van der Waals surface area contributed by atoms with Crippen molar-refractivity contribution in [1.82, 2.24) is 14.8 Å². The number of thiazole rings is 1. The van der Waals surface area contributed by atoms with Gasteiger partial charge in [0.15, 0.2) is 11.5 Å². The van der Waals surface area contributed by atoms with Crippen LogP contribution in [0, 0.1) is 0 Å². The predicted molar refractivity (Wildman–Crippen MR) is 127 cm³/mol. The van der Waals surface area contributed by atoms with Crippen LogP contribution in [-0.4, -0.2) is 68.2 Å². The van der Waals surface area contributed by atoms with Crippen LogP contribution < -0.4 is 14.2 Å². The molecule has 168 valence electrons. The number of carbonyl (C=O) groups excluding carboxylic acids is 1. The minimum Gasteiger partial charge on any atom is -0.496 e. The zero-order valence-electron chi connectivity index (χ0n) is 18.5. The summed E-state index contributed by atoms with van der Waals surface area (Å²) in [6.07, 6.45) is 3.35. The Morgan fingerprint density at radius 1 is 1.00 bits per heavy atom. The average molecular weight is 454 g/mol. The molecule has 1 saturated heterocycles. The minimum absolute atomic E-state index is 0.0125. The van der Waals surface area contributed by atoms with E-state index in [9.17, 15) is 4.79 Å². The fourth-order valence-electron chi connectivity index (χ4n) is 3.75. The molecule has 32 heavy (non-hydrogen) atoms. The first kappa shape index (κ1) is 22.1. The average Bonchev–Trinajstić information content (AvgIpc) is 3.24. The maximum absolute atomic E-state index is 12.7. The van der Waals surface area contributed by atoms with Gasteiger partial charge in [0.25, 0.3) is 0 Å². The lowest BCUT2D eigenvalue weighted by atomic mass is 10.1. The van der Waals surface area contributed by atoms with Crippen LogP contribution in [0.2, 0.25) is 0 Å². The van der Waals surface area contributed by atoms with Gasteiger partial charge in [-0.25, -0.2) is 4.98 Å². The highest BCUT2D eigenvalue weighted by molar-refractivity contribution is 7.18. The summed E-state index contributed by atoms with van der Waals surface area (Å²) in [6, 6.07) is 11.8. The summed E-state index contributed by atoms with van der Waals surface area (Å²) in [4.78, 5) is 21.7. The summed E-state index contributed by atoms with van der Waals surface area (Å²) in [5.41, 5.74) is 1.81. The van der Waals surface area contributed by atoms with Crippen molar-refractivity contribution in [2.75, 3.05) is 47.5 Å². The highest BCUT2D eigenvalue weighted by Gasteiger charge is 2.21. The molecule has 0 spiro atoms. The molecule has 1 amide bonds. The van der Waals surface area contributed by atoms with E-state index in [0.717, 1.165) is 35.7 Å². The highest BCUT2D eigenvalue weighted by Crippen LogP contribution is 2.35. The number of carbonyl (C=O) groups is 1. The maximum Gasteiger partial charge on any atom is 0.246 e. The third-order valence-corrected chi connectivity index (χ3v) is 6.54. The molecule has 7 nitrogen and oxygen atoms in total. The van der Waals surface area contributed by atoms with Crippen molar-refractivity contribution in [1.29, 1.82) is 0 Å². The van der Waals surface area contributed by atoms with Gasteiger partial charge in [-0.3, -0.25) is 9.69 Å². The van der Waals surface area contributed by atoms with Gasteiger partial charge in [-0.05, 0) is 24.3 Å². The molecule has 0 N–H and O–H groups in total. The number of nitrogens with zero attached hydrogens (tertiary/aromatic N) is 3. The van der Waals surface area contributed by atoms with E-state index in [-0.39, 0.29) is 5.91 Å². The number of para-hydroxylation sites is 1. The molecular formula is C24H27N3O4S. The van der Waals surface area contributed by atoms with Crippen molar-refractivity contribution < 1.29 is 19.0 Å². The largest absolute Gasteiger partial charge is 0.496 e. The van der Waals surface area contributed by atoms with Crippen molar-refractivity contribution in [2.45, 2.75) is 6.54 Å². The molecule has 0 saturated carbocycles. The predicted octanol–water partition coefficient (Wildman–Crippen LogP) is 3.68. The van der Waals surface area contributed by atoms with E-state index >= 15 is 0 Å². The SMILES string of the molecule is COc1cc(OC)c(OC)cc1/C=C/C(=O)N1CCN(Cc2nc3ccccc3s2)CC1. The Labute approximate surface area is 191 Å². The summed E-state index contributed by atoms with van der Waals surface area (Å²) >= 11 is 1.74. The van der Waals surface area contributed by atoms with Gasteiger partial charge < -0.3 is 19.1 Å². The smallest absolute Gasteiger partial charge is 0.246 e. The zero-order valence-corrected chi connectivity index (χ0v) is 19.4. The summed E-state index contributed by atoms with van der Waals surface area (Å²) < 4.78 is 17.3. The van der Waals surface area contributed by atoms with Crippen molar-refractivity contribution in [2.24, 2.45) is 0 Å². The number of benzene rings is 2. The zero-order chi connectivity index (χ0) is 22.5. The van der Waals surface area contributed by atoms with Crippen LogP contribution in [0.5, 0.6) is 17.2 Å². The number of hydrogen-bond acceptors (Lipinski definition) is 7. The molecule has 1 aromatic heterocycles. The molecule has 8 heteroatoms. The number of fused-ring (bicyclic) bond motifs is 1. The van der Waals surface area contributed by atoms with E-state index in [1.54, 1.807) is 57.0 Å². The van der Waals surface area contributed by atoms with E-state index in [2.05, 4.69) is 11.0 Å². The first-order chi connectivity index (χ1) is 15.6. The number of rotatable bonds is 7. The fraction of sp³-hybridized carbons (Fsp3) is 0.333. The number of piperazine rings is 1. The molecule has 0 bridgehead atoms. The van der Waals surface area contributed by atoms with E-state index in [4.69, 9.17) is 19.2 Å². The third-order valence-electron chi connectivity index (χ3n) is 5.52. The van der Waals surface area contributed by atoms with Gasteiger partial charge in [0.1, 0.15) is 10.8 Å². The number of methoxy groups -OCH3 is 3. The maximum atomic E-state index is 12.7. The van der Waals surface area contributed by atoms with Crippen LogP contribution in [0.1, 0.15) is 10.6 Å². The van der Waals surface area contributed by atoms with Crippen LogP contribution in [0.4, 0.5) is 0 Å². The topological polar surface area (TPSA) is 64.1 Å². The third kappa shape index (κ3) is 4.87. The normalized spacial score (nSPS) is 14.8. The molecule has 1 aliphatic rings. The van der Waals surface area contributed by atoms with Crippen LogP contribution in [-0.2, 0) is 11.3 Å². The Bertz CT molecular complexity index is 1090. The molecule has 2 aromatic carbocycles. The van der Waals surface area contributed by atoms with Crippen molar-refractivity contribution in [3.05, 3.63) is 53.0 Å². The molecule has 1 fully saturated rings. The number of aromatic nitrogens is 1. The molecule has 0 radical (unpaired) electrons. The second-order valence-corrected chi connectivity index (χ2v) is 8.57. The minimum atomic E-state index is -0.0125. The van der Waals surface area contributed by atoms with Gasteiger partial charge in [0.2, 0.25) is 5.91 Å². The van der Waals surface area contributed by atoms with Gasteiger partial charge >= 0.3 is 0 Å². The van der Waals surface area contributed by atoms with E-state index in [1.807, 2.05) is 23.1 Å². The van der Waals surface area contributed by atoms with Crippen LogP contribution in [0.15, 0.2) is 42.5 Å². The van der Waals surface area contributed by atoms with Crippen LogP contribution in [0.3, 0.4) is 0 Å². The summed E-state index contributed by atoms with van der Waals surface area (Å²) in [5.74, 6) is 1.77. The molecule has 4 rings (SSSR count). The second kappa shape index (κ2) is 10.0. The van der Waals surface area contributed by atoms with Crippen LogP contribution in [0.25, 0.3) is 16.3 Å².